The summed E-state index contributed by atoms with van der Waals surface area (Å²) in [5, 5.41) is 9.12. The van der Waals surface area contributed by atoms with Crippen LogP contribution in [-0.2, 0) is 39.6 Å². The van der Waals surface area contributed by atoms with Crippen molar-refractivity contribution in [1.29, 1.82) is 5.26 Å². The summed E-state index contributed by atoms with van der Waals surface area (Å²) in [5.41, 5.74) is -8.12. The van der Waals surface area contributed by atoms with E-state index in [2.05, 4.69) is 0 Å². The number of ether oxygens (including phenoxy) is 3. The van der Waals surface area contributed by atoms with Crippen LogP contribution < -0.4 is 4.90 Å². The van der Waals surface area contributed by atoms with E-state index in [1.165, 1.54) is 6.07 Å². The molecule has 4 heterocycles. The fourth-order valence-corrected chi connectivity index (χ4v) is 7.84. The highest BCUT2D eigenvalue weighted by Gasteiger charge is 2.79. The van der Waals surface area contributed by atoms with E-state index in [9.17, 15) is 32.3 Å². The third-order valence-electron chi connectivity index (χ3n) is 10.6. The molecule has 4 bridgehead atoms. The smallest absolute Gasteiger partial charge is 0.417 e. The van der Waals surface area contributed by atoms with Crippen molar-refractivity contribution in [2.24, 2.45) is 22.7 Å². The number of rotatable bonds is 3. The molecule has 6 rings (SSSR count). The summed E-state index contributed by atoms with van der Waals surface area (Å²) in [6, 6.07) is 4.15. The van der Waals surface area contributed by atoms with Crippen molar-refractivity contribution in [2.45, 2.75) is 83.0 Å². The largest absolute Gasteiger partial charge is 0.456 e. The average molecular weight is 561 g/mol. The molecule has 0 spiro atoms. The van der Waals surface area contributed by atoms with Gasteiger partial charge in [0.2, 0.25) is 17.4 Å². The van der Waals surface area contributed by atoms with E-state index in [0.29, 0.717) is 17.4 Å². The van der Waals surface area contributed by atoms with Gasteiger partial charge < -0.3 is 14.2 Å². The molecular weight excluding hydrogens is 533 g/mol. The zero-order valence-corrected chi connectivity index (χ0v) is 22.5. The quantitative estimate of drug-likeness (QED) is 0.406. The van der Waals surface area contributed by atoms with Gasteiger partial charge >= 0.3 is 18.1 Å². The van der Waals surface area contributed by atoms with Crippen LogP contribution in [0.3, 0.4) is 0 Å². The summed E-state index contributed by atoms with van der Waals surface area (Å²) in [6.45, 7) is 8.49. The molecule has 0 N–H and O–H groups in total. The maximum atomic E-state index is 13.7. The molecule has 1 saturated carbocycles. The zero-order chi connectivity index (χ0) is 29.4. The molecule has 5 fully saturated rings. The van der Waals surface area contributed by atoms with Crippen LogP contribution in [-0.4, -0.2) is 46.7 Å². The van der Waals surface area contributed by atoms with Gasteiger partial charge in [-0.3, -0.25) is 14.4 Å². The summed E-state index contributed by atoms with van der Waals surface area (Å²) < 4.78 is 58.7. The van der Waals surface area contributed by atoms with E-state index in [1.807, 2.05) is 0 Å². The molecule has 0 radical (unpaired) electrons. The zero-order valence-electron chi connectivity index (χ0n) is 22.5. The molecule has 212 valence electrons. The summed E-state index contributed by atoms with van der Waals surface area (Å²) in [7, 11) is 0. The number of amides is 2. The number of benzene rings is 1. The first kappa shape index (κ1) is 26.7. The minimum absolute atomic E-state index is 0.0617. The lowest BCUT2D eigenvalue weighted by Gasteiger charge is -2.39. The summed E-state index contributed by atoms with van der Waals surface area (Å²) >= 11 is 0. The minimum Gasteiger partial charge on any atom is -0.456 e. The number of fused-ring (bicyclic) bond motifs is 7. The number of nitrogens with zero attached hydrogens (tertiary/aromatic N) is 2. The Kier molecular flexibility index (Phi) is 4.97. The summed E-state index contributed by atoms with van der Waals surface area (Å²) in [4.78, 5) is 54.3. The first-order chi connectivity index (χ1) is 18.4. The summed E-state index contributed by atoms with van der Waals surface area (Å²) in [5.74, 6) is -4.87. The van der Waals surface area contributed by atoms with E-state index < -0.39 is 86.6 Å². The number of hydrogen-bond acceptors (Lipinski definition) is 8. The Hall–Kier alpha value is -3.46. The van der Waals surface area contributed by atoms with Gasteiger partial charge in [-0.2, -0.15) is 18.4 Å². The molecule has 4 aliphatic heterocycles. The molecule has 9 nitrogen and oxygen atoms in total. The first-order valence-electron chi connectivity index (χ1n) is 13.0. The van der Waals surface area contributed by atoms with Gasteiger partial charge in [-0.25, -0.2) is 9.69 Å². The first-order valence-corrected chi connectivity index (χ1v) is 13.0. The number of alkyl halides is 3. The predicted molar refractivity (Wildman–Crippen MR) is 128 cm³/mol. The fraction of sp³-hybridized carbons (Fsp3) is 0.607. The van der Waals surface area contributed by atoms with Crippen LogP contribution in [0, 0.1) is 34.0 Å². The summed E-state index contributed by atoms with van der Waals surface area (Å²) in [6.07, 6.45) is -5.07. The Morgan fingerprint density at radius 2 is 1.73 bits per heavy atom. The van der Waals surface area contributed by atoms with Gasteiger partial charge in [0.15, 0.2) is 0 Å². The standard InChI is InChI=1S/C28H27F3N2O7/c1-23(2)24(3)8-9-27(23,39-21(24)36)22(37)38-16-11-25(4)17-18(26(16,5)40-25)20(35)33(19(17)34)14-7-6-13(12-32)15(10-14)28(29,30)31/h6-7,10,16-18H,8-9,11H2,1-5H3/t16-,17+,18-,24?,25?,26?,27?/m0/s1. The second kappa shape index (κ2) is 7.43. The molecule has 7 atom stereocenters. The second-order valence-electron chi connectivity index (χ2n) is 12.7. The number of imide groups is 1. The lowest BCUT2D eigenvalue weighted by molar-refractivity contribution is -0.194. The monoisotopic (exact) mass is 560 g/mol. The van der Waals surface area contributed by atoms with Gasteiger partial charge in [0.25, 0.3) is 0 Å². The molecule has 12 heteroatoms. The number of halogens is 3. The molecular formula is C28H27F3N2O7. The number of anilines is 1. The second-order valence-corrected chi connectivity index (χ2v) is 12.7. The number of esters is 2. The van der Waals surface area contributed by atoms with Gasteiger partial charge in [0, 0.05) is 11.8 Å². The number of carbonyl (C=O) groups is 4. The van der Waals surface area contributed by atoms with Gasteiger partial charge in [-0.05, 0) is 51.8 Å². The molecule has 5 aliphatic rings. The highest BCUT2D eigenvalue weighted by atomic mass is 19.4. The van der Waals surface area contributed by atoms with Gasteiger partial charge in [0.05, 0.1) is 45.7 Å². The van der Waals surface area contributed by atoms with Crippen molar-refractivity contribution < 1.29 is 46.6 Å². The fourth-order valence-electron chi connectivity index (χ4n) is 7.84. The molecule has 0 aromatic heterocycles. The van der Waals surface area contributed by atoms with Crippen molar-refractivity contribution in [3.05, 3.63) is 29.3 Å². The molecule has 1 aromatic rings. The van der Waals surface area contributed by atoms with E-state index >= 15 is 0 Å². The van der Waals surface area contributed by atoms with Crippen molar-refractivity contribution >= 4 is 29.4 Å². The maximum Gasteiger partial charge on any atom is 0.417 e. The van der Waals surface area contributed by atoms with Crippen LogP contribution in [0.15, 0.2) is 18.2 Å². The highest BCUT2D eigenvalue weighted by molar-refractivity contribution is 6.23. The van der Waals surface area contributed by atoms with E-state index in [0.717, 1.165) is 12.1 Å². The normalized spacial score (nSPS) is 40.8. The van der Waals surface area contributed by atoms with E-state index in [-0.39, 0.29) is 18.5 Å². The molecule has 4 unspecified atom stereocenters. The van der Waals surface area contributed by atoms with Crippen LogP contribution in [0.4, 0.5) is 18.9 Å². The molecule has 1 aromatic carbocycles. The maximum absolute atomic E-state index is 13.7. The third kappa shape index (κ3) is 2.86. The van der Waals surface area contributed by atoms with Crippen LogP contribution in [0.5, 0.6) is 0 Å². The van der Waals surface area contributed by atoms with E-state index in [4.69, 9.17) is 19.5 Å². The van der Waals surface area contributed by atoms with Crippen LogP contribution >= 0.6 is 0 Å². The van der Waals surface area contributed by atoms with Gasteiger partial charge in [-0.15, -0.1) is 0 Å². The number of hydrogen-bond donors (Lipinski definition) is 0. The van der Waals surface area contributed by atoms with Crippen molar-refractivity contribution in [1.82, 2.24) is 0 Å². The van der Waals surface area contributed by atoms with Crippen LogP contribution in [0.2, 0.25) is 0 Å². The molecule has 4 saturated heterocycles. The molecule has 1 aliphatic carbocycles. The van der Waals surface area contributed by atoms with Crippen molar-refractivity contribution in [3.63, 3.8) is 0 Å². The average Bonchev–Trinajstić information content (AvgIpc) is 3.49. The number of carbonyl (C=O) groups excluding carboxylic acids is 4. The Labute approximate surface area is 227 Å². The van der Waals surface area contributed by atoms with Gasteiger partial charge in [-0.1, -0.05) is 13.8 Å². The topological polar surface area (TPSA) is 123 Å². The van der Waals surface area contributed by atoms with Crippen LogP contribution in [0.1, 0.15) is 65.0 Å². The minimum atomic E-state index is -4.88. The Morgan fingerprint density at radius 3 is 2.27 bits per heavy atom. The Balaban J connectivity index is 1.32. The molecule has 40 heavy (non-hydrogen) atoms. The Morgan fingerprint density at radius 1 is 1.07 bits per heavy atom. The third-order valence-corrected chi connectivity index (χ3v) is 10.6. The van der Waals surface area contributed by atoms with Crippen molar-refractivity contribution in [2.75, 3.05) is 4.90 Å². The Bertz CT molecular complexity index is 1470. The van der Waals surface area contributed by atoms with E-state index in [1.54, 1.807) is 34.6 Å². The van der Waals surface area contributed by atoms with Crippen LogP contribution in [0.25, 0.3) is 0 Å². The lowest BCUT2D eigenvalue weighted by Crippen LogP contribution is -2.55. The number of nitriles is 1. The highest BCUT2D eigenvalue weighted by Crippen LogP contribution is 2.67. The predicted octanol–water partition coefficient (Wildman–Crippen LogP) is 3.67. The molecule has 2 amide bonds. The lowest BCUT2D eigenvalue weighted by atomic mass is 9.66. The van der Waals surface area contributed by atoms with Gasteiger partial charge in [0.1, 0.15) is 11.7 Å². The SMILES string of the molecule is CC12C[C@H](OC(=O)C34CCC(C)(C(=O)O3)C4(C)C)C(C)(O1)[C@@H]1C(=O)N(c3ccc(C#N)c(C(F)(F)F)c3)C(=O)[C@@H]12. The van der Waals surface area contributed by atoms with Crippen molar-refractivity contribution in [3.8, 4) is 6.07 Å².